The van der Waals surface area contributed by atoms with E-state index in [-0.39, 0.29) is 0 Å². The number of rotatable bonds is 4. The molecule has 1 unspecified atom stereocenters. The number of nitriles is 1. The molecule has 1 N–H and O–H groups in total. The Morgan fingerprint density at radius 2 is 2.13 bits per heavy atom. The summed E-state index contributed by atoms with van der Waals surface area (Å²) in [5.74, 6) is 0. The number of benzene rings is 1. The Bertz CT molecular complexity index is 355. The van der Waals surface area contributed by atoms with Crippen LogP contribution >= 0.6 is 0 Å². The standard InChI is InChI=1S/C12H16N2O/c1-10(15)11-6-3-4-7-12(11)14(2)9-5-8-13/h3-4,6-7,10,15H,5,9H2,1-2H3. The first kappa shape index (κ1) is 11.5. The van der Waals surface area contributed by atoms with Crippen molar-refractivity contribution in [3.8, 4) is 6.07 Å². The van der Waals surface area contributed by atoms with Crippen molar-refractivity contribution < 1.29 is 5.11 Å². The lowest BCUT2D eigenvalue weighted by molar-refractivity contribution is 0.199. The van der Waals surface area contributed by atoms with Crippen LogP contribution in [0.2, 0.25) is 0 Å². The molecule has 0 spiro atoms. The van der Waals surface area contributed by atoms with Crippen molar-refractivity contribution in [3.05, 3.63) is 29.8 Å². The molecule has 0 fully saturated rings. The first-order valence-corrected chi connectivity index (χ1v) is 5.02. The van der Waals surface area contributed by atoms with Gasteiger partial charge in [0.1, 0.15) is 0 Å². The van der Waals surface area contributed by atoms with E-state index in [2.05, 4.69) is 6.07 Å². The second-order valence-corrected chi connectivity index (χ2v) is 3.56. The molecule has 0 aliphatic rings. The molecule has 0 saturated heterocycles. The molecular weight excluding hydrogens is 188 g/mol. The second-order valence-electron chi connectivity index (χ2n) is 3.56. The number of aliphatic hydroxyl groups is 1. The summed E-state index contributed by atoms with van der Waals surface area (Å²) in [4.78, 5) is 1.99. The van der Waals surface area contributed by atoms with Crippen LogP contribution in [0.4, 0.5) is 5.69 Å². The first-order chi connectivity index (χ1) is 7.16. The smallest absolute Gasteiger partial charge is 0.0781 e. The molecule has 0 radical (unpaired) electrons. The lowest BCUT2D eigenvalue weighted by atomic mass is 10.1. The van der Waals surface area contributed by atoms with Crippen molar-refractivity contribution in [2.45, 2.75) is 19.4 Å². The van der Waals surface area contributed by atoms with Gasteiger partial charge in [-0.05, 0) is 13.0 Å². The van der Waals surface area contributed by atoms with Gasteiger partial charge in [0.15, 0.2) is 0 Å². The molecule has 0 amide bonds. The summed E-state index contributed by atoms with van der Waals surface area (Å²) in [6.45, 7) is 2.43. The summed E-state index contributed by atoms with van der Waals surface area (Å²) >= 11 is 0. The Morgan fingerprint density at radius 1 is 1.47 bits per heavy atom. The van der Waals surface area contributed by atoms with Gasteiger partial charge in [-0.15, -0.1) is 0 Å². The van der Waals surface area contributed by atoms with Crippen LogP contribution in [0.1, 0.15) is 25.0 Å². The topological polar surface area (TPSA) is 47.3 Å². The number of anilines is 1. The van der Waals surface area contributed by atoms with E-state index in [4.69, 9.17) is 5.26 Å². The average Bonchev–Trinajstić information content (AvgIpc) is 2.25. The Kier molecular flexibility index (Phi) is 4.14. The summed E-state index contributed by atoms with van der Waals surface area (Å²) in [6.07, 6.45) is 0.00992. The predicted octanol–water partition coefficient (Wildman–Crippen LogP) is 2.09. The van der Waals surface area contributed by atoms with Gasteiger partial charge >= 0.3 is 0 Å². The van der Waals surface area contributed by atoms with Crippen LogP contribution in [0.25, 0.3) is 0 Å². The SMILES string of the molecule is CC(O)c1ccccc1N(C)CCC#N. The largest absolute Gasteiger partial charge is 0.389 e. The van der Waals surface area contributed by atoms with Crippen LogP contribution in [0, 0.1) is 11.3 Å². The van der Waals surface area contributed by atoms with Crippen LogP contribution in [-0.2, 0) is 0 Å². The summed E-state index contributed by atoms with van der Waals surface area (Å²) in [7, 11) is 1.93. The van der Waals surface area contributed by atoms with Gasteiger partial charge in [0.05, 0.1) is 18.6 Å². The zero-order chi connectivity index (χ0) is 11.3. The fraction of sp³-hybridized carbons (Fsp3) is 0.417. The Balaban J connectivity index is 2.88. The molecule has 0 aliphatic carbocycles. The maximum absolute atomic E-state index is 9.59. The van der Waals surface area contributed by atoms with Crippen LogP contribution in [0.3, 0.4) is 0 Å². The fourth-order valence-corrected chi connectivity index (χ4v) is 1.53. The first-order valence-electron chi connectivity index (χ1n) is 5.02. The minimum Gasteiger partial charge on any atom is -0.389 e. The van der Waals surface area contributed by atoms with E-state index in [9.17, 15) is 5.11 Å². The number of hydrogen-bond acceptors (Lipinski definition) is 3. The van der Waals surface area contributed by atoms with Crippen molar-refractivity contribution in [3.63, 3.8) is 0 Å². The van der Waals surface area contributed by atoms with E-state index < -0.39 is 6.10 Å². The molecule has 80 valence electrons. The monoisotopic (exact) mass is 204 g/mol. The molecule has 15 heavy (non-hydrogen) atoms. The van der Waals surface area contributed by atoms with Crippen LogP contribution in [-0.4, -0.2) is 18.7 Å². The number of hydrogen-bond donors (Lipinski definition) is 1. The van der Waals surface area contributed by atoms with Crippen LogP contribution in [0.5, 0.6) is 0 Å². The van der Waals surface area contributed by atoms with E-state index in [0.29, 0.717) is 13.0 Å². The quantitative estimate of drug-likeness (QED) is 0.817. The molecule has 1 aromatic rings. The molecule has 0 saturated carbocycles. The van der Waals surface area contributed by atoms with Gasteiger partial charge in [-0.1, -0.05) is 18.2 Å². The van der Waals surface area contributed by atoms with Gasteiger partial charge in [0.25, 0.3) is 0 Å². The van der Waals surface area contributed by atoms with Gasteiger partial charge in [0.2, 0.25) is 0 Å². The van der Waals surface area contributed by atoms with Crippen LogP contribution in [0.15, 0.2) is 24.3 Å². The zero-order valence-electron chi connectivity index (χ0n) is 9.14. The molecule has 3 heteroatoms. The van der Waals surface area contributed by atoms with Gasteiger partial charge < -0.3 is 10.0 Å². The Morgan fingerprint density at radius 3 is 2.73 bits per heavy atom. The van der Waals surface area contributed by atoms with Crippen molar-refractivity contribution in [1.29, 1.82) is 5.26 Å². The van der Waals surface area contributed by atoms with Gasteiger partial charge in [-0.25, -0.2) is 0 Å². The van der Waals surface area contributed by atoms with E-state index in [1.807, 2.05) is 36.2 Å². The zero-order valence-corrected chi connectivity index (χ0v) is 9.14. The predicted molar refractivity (Wildman–Crippen MR) is 60.6 cm³/mol. The van der Waals surface area contributed by atoms with Gasteiger partial charge in [-0.3, -0.25) is 0 Å². The highest BCUT2D eigenvalue weighted by molar-refractivity contribution is 5.53. The molecule has 3 nitrogen and oxygen atoms in total. The summed E-state index contributed by atoms with van der Waals surface area (Å²) in [5, 5.41) is 18.1. The van der Waals surface area contributed by atoms with E-state index >= 15 is 0 Å². The van der Waals surface area contributed by atoms with Crippen molar-refractivity contribution in [2.24, 2.45) is 0 Å². The molecule has 1 aromatic carbocycles. The normalized spacial score (nSPS) is 11.9. The second kappa shape index (κ2) is 5.38. The Hall–Kier alpha value is -1.53. The Labute approximate surface area is 90.6 Å². The van der Waals surface area contributed by atoms with E-state index in [1.54, 1.807) is 6.92 Å². The van der Waals surface area contributed by atoms with Gasteiger partial charge in [0, 0.05) is 24.8 Å². The minimum atomic E-state index is -0.481. The van der Waals surface area contributed by atoms with Crippen LogP contribution < -0.4 is 4.90 Å². The summed E-state index contributed by atoms with van der Waals surface area (Å²) < 4.78 is 0. The molecule has 0 aromatic heterocycles. The number of nitrogens with zero attached hydrogens (tertiary/aromatic N) is 2. The third-order valence-corrected chi connectivity index (χ3v) is 2.36. The van der Waals surface area contributed by atoms with E-state index in [1.165, 1.54) is 0 Å². The van der Waals surface area contributed by atoms with Crippen molar-refractivity contribution in [2.75, 3.05) is 18.5 Å². The molecule has 1 rings (SSSR count). The number of para-hydroxylation sites is 1. The highest BCUT2D eigenvalue weighted by atomic mass is 16.3. The molecule has 1 atom stereocenters. The lowest BCUT2D eigenvalue weighted by Crippen LogP contribution is -2.20. The highest BCUT2D eigenvalue weighted by Crippen LogP contribution is 2.25. The van der Waals surface area contributed by atoms with E-state index in [0.717, 1.165) is 11.3 Å². The lowest BCUT2D eigenvalue weighted by Gasteiger charge is -2.22. The average molecular weight is 204 g/mol. The van der Waals surface area contributed by atoms with Gasteiger partial charge in [-0.2, -0.15) is 5.26 Å². The third kappa shape index (κ3) is 2.97. The third-order valence-electron chi connectivity index (χ3n) is 2.36. The number of aliphatic hydroxyl groups excluding tert-OH is 1. The molecule has 0 bridgehead atoms. The molecule has 0 heterocycles. The molecular formula is C12H16N2O. The summed E-state index contributed by atoms with van der Waals surface area (Å²) in [6, 6.07) is 9.82. The minimum absolute atomic E-state index is 0.481. The fourth-order valence-electron chi connectivity index (χ4n) is 1.53. The highest BCUT2D eigenvalue weighted by Gasteiger charge is 2.09. The van der Waals surface area contributed by atoms with Crippen molar-refractivity contribution >= 4 is 5.69 Å². The van der Waals surface area contributed by atoms with Crippen molar-refractivity contribution in [1.82, 2.24) is 0 Å². The maximum atomic E-state index is 9.59. The maximum Gasteiger partial charge on any atom is 0.0781 e. The summed E-state index contributed by atoms with van der Waals surface area (Å²) in [5.41, 5.74) is 1.89. The molecule has 0 aliphatic heterocycles.